The van der Waals surface area contributed by atoms with Crippen molar-refractivity contribution in [3.8, 4) is 0 Å². The van der Waals surface area contributed by atoms with Crippen molar-refractivity contribution in [3.63, 3.8) is 0 Å². The van der Waals surface area contributed by atoms with E-state index in [2.05, 4.69) is 50.2 Å². The third-order valence-corrected chi connectivity index (χ3v) is 2.03. The summed E-state index contributed by atoms with van der Waals surface area (Å²) in [5, 5.41) is 0. The highest BCUT2D eigenvalue weighted by Gasteiger charge is 2.04. The fourth-order valence-corrected chi connectivity index (χ4v) is 1.32. The minimum atomic E-state index is 1.04. The standard InChI is InChI=1S/C8H11NS/c1-6-4-8(10)5-7(2)9(6)3/h4-5H,1-3H3/p+1. The number of aromatic nitrogens is 1. The summed E-state index contributed by atoms with van der Waals surface area (Å²) < 4.78 is 2.14. The van der Waals surface area contributed by atoms with Crippen LogP contribution in [0.25, 0.3) is 0 Å². The summed E-state index contributed by atoms with van der Waals surface area (Å²) in [7, 11) is 2.05. The number of aryl methyl sites for hydroxylation is 2. The second kappa shape index (κ2) is 2.62. The molecule has 0 radical (unpaired) electrons. The first-order valence-electron chi connectivity index (χ1n) is 3.27. The highest BCUT2D eigenvalue weighted by atomic mass is 32.1. The van der Waals surface area contributed by atoms with Gasteiger partial charge in [-0.25, -0.2) is 4.57 Å². The van der Waals surface area contributed by atoms with E-state index in [-0.39, 0.29) is 0 Å². The van der Waals surface area contributed by atoms with Crippen molar-refractivity contribution in [2.24, 2.45) is 7.05 Å². The van der Waals surface area contributed by atoms with Gasteiger partial charge in [-0.15, -0.1) is 12.6 Å². The fourth-order valence-electron chi connectivity index (χ4n) is 0.942. The Balaban J connectivity index is 3.31. The zero-order chi connectivity index (χ0) is 7.72. The van der Waals surface area contributed by atoms with Gasteiger partial charge in [-0.05, 0) is 0 Å². The summed E-state index contributed by atoms with van der Waals surface area (Å²) in [6.45, 7) is 4.15. The predicted molar refractivity (Wildman–Crippen MR) is 44.3 cm³/mol. The van der Waals surface area contributed by atoms with Gasteiger partial charge in [0.25, 0.3) is 0 Å². The molecule has 10 heavy (non-hydrogen) atoms. The lowest BCUT2D eigenvalue weighted by atomic mass is 10.3. The number of pyridine rings is 1. The average molecular weight is 154 g/mol. The van der Waals surface area contributed by atoms with Crippen LogP contribution in [0.5, 0.6) is 0 Å². The molecule has 0 aliphatic rings. The largest absolute Gasteiger partial charge is 0.203 e. The van der Waals surface area contributed by atoms with Crippen molar-refractivity contribution in [2.75, 3.05) is 0 Å². The summed E-state index contributed by atoms with van der Waals surface area (Å²) in [6, 6.07) is 4.10. The van der Waals surface area contributed by atoms with Gasteiger partial charge in [-0.1, -0.05) is 0 Å². The zero-order valence-corrected chi connectivity index (χ0v) is 7.44. The van der Waals surface area contributed by atoms with Crippen molar-refractivity contribution >= 4 is 12.6 Å². The van der Waals surface area contributed by atoms with Crippen LogP contribution in [0.2, 0.25) is 0 Å². The van der Waals surface area contributed by atoms with Gasteiger partial charge in [-0.2, -0.15) is 0 Å². The lowest BCUT2D eigenvalue weighted by molar-refractivity contribution is -0.684. The van der Waals surface area contributed by atoms with Gasteiger partial charge in [0.05, 0.1) is 0 Å². The summed E-state index contributed by atoms with van der Waals surface area (Å²) in [5.74, 6) is 0. The molecule has 0 amide bonds. The number of thiol groups is 1. The Morgan fingerprint density at radius 2 is 1.60 bits per heavy atom. The Hall–Kier alpha value is -0.500. The number of hydrogen-bond acceptors (Lipinski definition) is 1. The average Bonchev–Trinajstić information content (AvgIpc) is 1.82. The summed E-state index contributed by atoms with van der Waals surface area (Å²) in [6.07, 6.45) is 0. The van der Waals surface area contributed by atoms with E-state index in [0.29, 0.717) is 0 Å². The van der Waals surface area contributed by atoms with E-state index in [1.807, 2.05) is 0 Å². The predicted octanol–water partition coefficient (Wildman–Crippen LogP) is 1.42. The Kier molecular flexibility index (Phi) is 2.00. The molecule has 1 heterocycles. The van der Waals surface area contributed by atoms with Gasteiger partial charge >= 0.3 is 0 Å². The van der Waals surface area contributed by atoms with Crippen molar-refractivity contribution in [2.45, 2.75) is 18.7 Å². The summed E-state index contributed by atoms with van der Waals surface area (Å²) in [4.78, 5) is 1.04. The Labute approximate surface area is 67.1 Å². The van der Waals surface area contributed by atoms with Crippen LogP contribution in [0.15, 0.2) is 17.0 Å². The van der Waals surface area contributed by atoms with Crippen molar-refractivity contribution in [1.29, 1.82) is 0 Å². The quantitative estimate of drug-likeness (QED) is 0.425. The molecule has 0 bridgehead atoms. The minimum absolute atomic E-state index is 1.04. The van der Waals surface area contributed by atoms with Crippen LogP contribution in [-0.4, -0.2) is 0 Å². The molecule has 0 aromatic carbocycles. The van der Waals surface area contributed by atoms with Crippen LogP contribution in [0, 0.1) is 13.8 Å². The Bertz CT molecular complexity index is 232. The molecule has 0 unspecified atom stereocenters. The first-order chi connectivity index (χ1) is 4.61. The van der Waals surface area contributed by atoms with Crippen LogP contribution in [0.4, 0.5) is 0 Å². The molecule has 0 N–H and O–H groups in total. The smallest absolute Gasteiger partial charge is 0.179 e. The van der Waals surface area contributed by atoms with Gasteiger partial charge in [0, 0.05) is 30.9 Å². The molecule has 2 heteroatoms. The van der Waals surface area contributed by atoms with E-state index in [1.165, 1.54) is 11.4 Å². The van der Waals surface area contributed by atoms with Crippen molar-refractivity contribution < 1.29 is 4.57 Å². The topological polar surface area (TPSA) is 3.88 Å². The highest BCUT2D eigenvalue weighted by Crippen LogP contribution is 2.06. The molecule has 1 rings (SSSR count). The molecule has 1 aromatic rings. The maximum Gasteiger partial charge on any atom is 0.179 e. The van der Waals surface area contributed by atoms with Gasteiger partial charge in [0.1, 0.15) is 7.05 Å². The first kappa shape index (κ1) is 7.61. The first-order valence-corrected chi connectivity index (χ1v) is 3.72. The molecule has 0 aliphatic heterocycles. The molecule has 1 aromatic heterocycles. The molecular formula is C8H12NS+. The minimum Gasteiger partial charge on any atom is -0.203 e. The fraction of sp³-hybridized carbons (Fsp3) is 0.375. The van der Waals surface area contributed by atoms with E-state index in [4.69, 9.17) is 0 Å². The van der Waals surface area contributed by atoms with E-state index in [9.17, 15) is 0 Å². The Morgan fingerprint density at radius 3 is 2.00 bits per heavy atom. The molecule has 0 spiro atoms. The third kappa shape index (κ3) is 1.32. The van der Waals surface area contributed by atoms with Crippen molar-refractivity contribution in [3.05, 3.63) is 23.5 Å². The lowest BCUT2D eigenvalue weighted by Crippen LogP contribution is -2.35. The molecule has 0 fully saturated rings. The molecule has 0 saturated heterocycles. The number of hydrogen-bond donors (Lipinski definition) is 1. The van der Waals surface area contributed by atoms with Crippen LogP contribution in [0.1, 0.15) is 11.4 Å². The number of rotatable bonds is 0. The van der Waals surface area contributed by atoms with Crippen LogP contribution < -0.4 is 4.57 Å². The molecule has 0 aliphatic carbocycles. The zero-order valence-electron chi connectivity index (χ0n) is 6.55. The van der Waals surface area contributed by atoms with Crippen LogP contribution in [0.3, 0.4) is 0 Å². The summed E-state index contributed by atoms with van der Waals surface area (Å²) in [5.41, 5.74) is 2.48. The lowest BCUT2D eigenvalue weighted by Gasteiger charge is -1.97. The normalized spacial score (nSPS) is 10.0. The van der Waals surface area contributed by atoms with Gasteiger partial charge < -0.3 is 0 Å². The van der Waals surface area contributed by atoms with E-state index < -0.39 is 0 Å². The number of nitrogens with zero attached hydrogens (tertiary/aromatic N) is 1. The second-order valence-corrected chi connectivity index (χ2v) is 3.07. The highest BCUT2D eigenvalue weighted by molar-refractivity contribution is 7.80. The molecule has 0 saturated carbocycles. The maximum atomic E-state index is 4.26. The van der Waals surface area contributed by atoms with Gasteiger partial charge in [0.15, 0.2) is 11.4 Å². The van der Waals surface area contributed by atoms with Crippen molar-refractivity contribution in [1.82, 2.24) is 0 Å². The van der Waals surface area contributed by atoms with E-state index in [0.717, 1.165) is 4.90 Å². The SMILES string of the molecule is Cc1cc(S)cc(C)[n+]1C. The van der Waals surface area contributed by atoms with E-state index in [1.54, 1.807) is 0 Å². The molecular weight excluding hydrogens is 142 g/mol. The van der Waals surface area contributed by atoms with Crippen LogP contribution >= 0.6 is 12.6 Å². The second-order valence-electron chi connectivity index (χ2n) is 2.56. The van der Waals surface area contributed by atoms with Gasteiger partial charge in [-0.3, -0.25) is 0 Å². The van der Waals surface area contributed by atoms with Gasteiger partial charge in [0.2, 0.25) is 0 Å². The maximum absolute atomic E-state index is 4.26. The van der Waals surface area contributed by atoms with E-state index >= 15 is 0 Å². The monoisotopic (exact) mass is 154 g/mol. The third-order valence-electron chi connectivity index (χ3n) is 1.77. The molecule has 54 valence electrons. The van der Waals surface area contributed by atoms with Crippen LogP contribution in [-0.2, 0) is 7.05 Å². The Morgan fingerprint density at radius 1 is 1.20 bits per heavy atom. The molecule has 1 nitrogen and oxygen atoms in total. The summed E-state index contributed by atoms with van der Waals surface area (Å²) >= 11 is 4.26. The molecule has 0 atom stereocenters.